The van der Waals surface area contributed by atoms with Crippen molar-refractivity contribution in [1.29, 1.82) is 0 Å². The summed E-state index contributed by atoms with van der Waals surface area (Å²) in [6, 6.07) is 6.98. The van der Waals surface area contributed by atoms with E-state index in [1.807, 2.05) is 13.0 Å². The average Bonchev–Trinajstić information content (AvgIpc) is 2.38. The van der Waals surface area contributed by atoms with E-state index in [0.29, 0.717) is 17.9 Å². The summed E-state index contributed by atoms with van der Waals surface area (Å²) < 4.78 is 11.2. The van der Waals surface area contributed by atoms with Gasteiger partial charge in [-0.3, -0.25) is 13.8 Å². The van der Waals surface area contributed by atoms with Crippen molar-refractivity contribution in [2.75, 3.05) is 19.3 Å². The Morgan fingerprint density at radius 3 is 2.60 bits per heavy atom. The van der Waals surface area contributed by atoms with Crippen molar-refractivity contribution in [3.8, 4) is 0 Å². The molecule has 1 aromatic carbocycles. The van der Waals surface area contributed by atoms with E-state index in [0.717, 1.165) is 5.56 Å². The Bertz CT molecular complexity index is 516. The monoisotopic (exact) mass is 297 g/mol. The molecule has 0 fully saturated rings. The van der Waals surface area contributed by atoms with E-state index in [2.05, 4.69) is 0 Å². The van der Waals surface area contributed by atoms with Gasteiger partial charge >= 0.3 is 5.97 Å². The molecule has 1 N–H and O–H groups in total. The van der Waals surface area contributed by atoms with Gasteiger partial charge < -0.3 is 10.0 Å². The number of aliphatic carboxylic acids is 1. The summed E-state index contributed by atoms with van der Waals surface area (Å²) in [6.07, 6.45) is 1.54. The van der Waals surface area contributed by atoms with Gasteiger partial charge in [0.1, 0.15) is 0 Å². The van der Waals surface area contributed by atoms with E-state index in [-0.39, 0.29) is 18.9 Å². The highest BCUT2D eigenvalue weighted by molar-refractivity contribution is 7.83. The molecule has 110 valence electrons. The Morgan fingerprint density at radius 2 is 2.05 bits per heavy atom. The van der Waals surface area contributed by atoms with Crippen LogP contribution in [0.3, 0.4) is 0 Å². The minimum absolute atomic E-state index is 0.0712. The zero-order valence-corrected chi connectivity index (χ0v) is 12.5. The number of carboxylic acids is 1. The molecular formula is C14H19NO4S. The molecule has 1 atom stereocenters. The van der Waals surface area contributed by atoms with Crippen LogP contribution in [0.4, 0.5) is 0 Å². The molecule has 0 spiro atoms. The van der Waals surface area contributed by atoms with Crippen LogP contribution in [0.15, 0.2) is 24.3 Å². The first-order valence-corrected chi connectivity index (χ1v) is 8.06. The van der Waals surface area contributed by atoms with E-state index in [4.69, 9.17) is 5.11 Å². The molecule has 20 heavy (non-hydrogen) atoms. The first-order chi connectivity index (χ1) is 9.43. The molecule has 1 aromatic rings. The van der Waals surface area contributed by atoms with Crippen molar-refractivity contribution < 1.29 is 18.9 Å². The summed E-state index contributed by atoms with van der Waals surface area (Å²) in [6.45, 7) is 2.45. The van der Waals surface area contributed by atoms with E-state index in [1.165, 1.54) is 4.90 Å². The number of carbonyl (C=O) groups excluding carboxylic acids is 1. The Labute approximate surface area is 121 Å². The molecular weight excluding hydrogens is 278 g/mol. The lowest BCUT2D eigenvalue weighted by Crippen LogP contribution is -2.32. The van der Waals surface area contributed by atoms with E-state index < -0.39 is 16.8 Å². The van der Waals surface area contributed by atoms with Crippen molar-refractivity contribution in [1.82, 2.24) is 4.90 Å². The first kappa shape index (κ1) is 16.4. The Morgan fingerprint density at radius 1 is 1.35 bits per heavy atom. The van der Waals surface area contributed by atoms with Crippen LogP contribution < -0.4 is 0 Å². The van der Waals surface area contributed by atoms with Gasteiger partial charge in [-0.25, -0.2) is 0 Å². The molecule has 0 aliphatic rings. The third-order valence-electron chi connectivity index (χ3n) is 2.81. The second-order valence-electron chi connectivity index (χ2n) is 4.45. The molecule has 0 saturated carbocycles. The smallest absolute Gasteiger partial charge is 0.305 e. The predicted molar refractivity (Wildman–Crippen MR) is 78.0 cm³/mol. The largest absolute Gasteiger partial charge is 0.481 e. The van der Waals surface area contributed by atoms with Gasteiger partial charge in [-0.2, -0.15) is 0 Å². The number of hydrogen-bond acceptors (Lipinski definition) is 3. The number of carboxylic acid groups (broad SMARTS) is 1. The first-order valence-electron chi connectivity index (χ1n) is 6.34. The van der Waals surface area contributed by atoms with Crippen molar-refractivity contribution in [3.63, 3.8) is 0 Å². The summed E-state index contributed by atoms with van der Waals surface area (Å²) >= 11 is 0. The molecule has 5 nitrogen and oxygen atoms in total. The van der Waals surface area contributed by atoms with Crippen molar-refractivity contribution >= 4 is 22.7 Å². The Hall–Kier alpha value is -1.69. The quantitative estimate of drug-likeness (QED) is 0.827. The van der Waals surface area contributed by atoms with Gasteiger partial charge in [0, 0.05) is 41.5 Å². The molecule has 1 rings (SSSR count). The molecule has 0 heterocycles. The summed E-state index contributed by atoms with van der Waals surface area (Å²) in [5.41, 5.74) is 1.34. The van der Waals surface area contributed by atoms with Crippen LogP contribution in [0, 0.1) is 0 Å². The number of hydrogen-bond donors (Lipinski definition) is 1. The summed E-state index contributed by atoms with van der Waals surface area (Å²) in [7, 11) is -0.963. The van der Waals surface area contributed by atoms with Gasteiger partial charge in [-0.05, 0) is 24.6 Å². The zero-order valence-electron chi connectivity index (χ0n) is 11.7. The molecule has 0 aliphatic carbocycles. The third-order valence-corrected chi connectivity index (χ3v) is 3.55. The summed E-state index contributed by atoms with van der Waals surface area (Å²) in [5, 5.41) is 8.68. The maximum absolute atomic E-state index is 12.3. The van der Waals surface area contributed by atoms with Gasteiger partial charge in [0.2, 0.25) is 0 Å². The fourth-order valence-electron chi connectivity index (χ4n) is 1.85. The molecule has 0 aromatic heterocycles. The minimum Gasteiger partial charge on any atom is -0.481 e. The highest BCUT2D eigenvalue weighted by Crippen LogP contribution is 2.10. The Kier molecular flexibility index (Phi) is 6.38. The van der Waals surface area contributed by atoms with Gasteiger partial charge in [0.05, 0.1) is 6.42 Å². The summed E-state index contributed by atoms with van der Waals surface area (Å²) in [5.74, 6) is -0.716. The van der Waals surface area contributed by atoms with Crippen LogP contribution in [0.2, 0.25) is 0 Å². The van der Waals surface area contributed by atoms with Crippen LogP contribution >= 0.6 is 0 Å². The normalized spacial score (nSPS) is 11.9. The van der Waals surface area contributed by atoms with Gasteiger partial charge in [0.15, 0.2) is 0 Å². The topological polar surface area (TPSA) is 74.7 Å². The fourth-order valence-corrected chi connectivity index (χ4v) is 2.49. The van der Waals surface area contributed by atoms with E-state index in [1.54, 1.807) is 24.5 Å². The van der Waals surface area contributed by atoms with Crippen molar-refractivity contribution in [2.24, 2.45) is 0 Å². The highest BCUT2D eigenvalue weighted by atomic mass is 32.2. The molecule has 0 aliphatic heterocycles. The number of benzene rings is 1. The van der Waals surface area contributed by atoms with E-state index in [9.17, 15) is 13.8 Å². The number of carbonyl (C=O) groups is 2. The van der Waals surface area contributed by atoms with Crippen LogP contribution in [-0.2, 0) is 21.3 Å². The van der Waals surface area contributed by atoms with Crippen LogP contribution in [0.5, 0.6) is 0 Å². The summed E-state index contributed by atoms with van der Waals surface area (Å²) in [4.78, 5) is 24.4. The number of nitrogens with zero attached hydrogens (tertiary/aromatic N) is 1. The average molecular weight is 297 g/mol. The molecule has 0 bridgehead atoms. The van der Waals surface area contributed by atoms with Crippen LogP contribution in [0.25, 0.3) is 0 Å². The van der Waals surface area contributed by atoms with Crippen LogP contribution in [-0.4, -0.2) is 45.4 Å². The van der Waals surface area contributed by atoms with Crippen molar-refractivity contribution in [3.05, 3.63) is 35.4 Å². The standard InChI is InChI=1S/C14H19NO4S/c1-3-15(8-7-13(16)17)14(18)12-6-4-5-11(9-12)10-20(2)19/h4-6,9H,3,7-8,10H2,1-2H3,(H,16,17). The van der Waals surface area contributed by atoms with Gasteiger partial charge in [-0.15, -0.1) is 0 Å². The predicted octanol–water partition coefficient (Wildman–Crippen LogP) is 1.50. The lowest BCUT2D eigenvalue weighted by molar-refractivity contribution is -0.137. The second kappa shape index (κ2) is 7.79. The Balaban J connectivity index is 2.83. The van der Waals surface area contributed by atoms with E-state index >= 15 is 0 Å². The maximum atomic E-state index is 12.3. The van der Waals surface area contributed by atoms with Gasteiger partial charge in [-0.1, -0.05) is 12.1 Å². The highest BCUT2D eigenvalue weighted by Gasteiger charge is 2.15. The molecule has 6 heteroatoms. The molecule has 1 amide bonds. The second-order valence-corrected chi connectivity index (χ2v) is 5.88. The lowest BCUT2D eigenvalue weighted by Gasteiger charge is -2.20. The number of rotatable bonds is 7. The van der Waals surface area contributed by atoms with Crippen molar-refractivity contribution in [2.45, 2.75) is 19.1 Å². The minimum atomic E-state index is -0.963. The lowest BCUT2D eigenvalue weighted by atomic mass is 10.1. The fraction of sp³-hybridized carbons (Fsp3) is 0.429. The number of amides is 1. The van der Waals surface area contributed by atoms with Crippen LogP contribution in [0.1, 0.15) is 29.3 Å². The molecule has 0 radical (unpaired) electrons. The zero-order chi connectivity index (χ0) is 15.1. The third kappa shape index (κ3) is 5.13. The molecule has 1 unspecified atom stereocenters. The van der Waals surface area contributed by atoms with Gasteiger partial charge in [0.25, 0.3) is 5.91 Å². The maximum Gasteiger partial charge on any atom is 0.305 e. The molecule has 0 saturated heterocycles. The SMILES string of the molecule is CCN(CCC(=O)O)C(=O)c1cccc(CS(C)=O)c1.